The molecular formula is C16H19ClN2O2. The minimum atomic E-state index is -0.0521. The van der Waals surface area contributed by atoms with Crippen molar-refractivity contribution in [2.75, 3.05) is 19.8 Å². The van der Waals surface area contributed by atoms with Crippen LogP contribution in [0, 0.1) is 5.92 Å². The zero-order chi connectivity index (χ0) is 14.8. The van der Waals surface area contributed by atoms with Crippen LogP contribution in [0.3, 0.4) is 0 Å². The van der Waals surface area contributed by atoms with Gasteiger partial charge in [-0.3, -0.25) is 4.79 Å². The normalized spacial score (nSPS) is 18.3. The van der Waals surface area contributed by atoms with Gasteiger partial charge in [0.2, 0.25) is 0 Å². The molecule has 0 unspecified atom stereocenters. The van der Waals surface area contributed by atoms with Gasteiger partial charge < -0.3 is 14.6 Å². The van der Waals surface area contributed by atoms with Crippen molar-refractivity contribution in [1.82, 2.24) is 9.88 Å². The molecule has 1 saturated heterocycles. The Morgan fingerprint density at radius 1 is 1.52 bits per heavy atom. The van der Waals surface area contributed by atoms with E-state index < -0.39 is 0 Å². The molecule has 1 atom stereocenters. The Kier molecular flexibility index (Phi) is 4.17. The topological polar surface area (TPSA) is 43.3 Å². The van der Waals surface area contributed by atoms with Crippen molar-refractivity contribution in [2.45, 2.75) is 12.8 Å². The van der Waals surface area contributed by atoms with E-state index in [4.69, 9.17) is 16.3 Å². The van der Waals surface area contributed by atoms with Gasteiger partial charge in [0.25, 0.3) is 5.91 Å². The molecule has 0 radical (unpaired) electrons. The number of hydrogen-bond donors (Lipinski definition) is 1. The highest BCUT2D eigenvalue weighted by Crippen LogP contribution is 2.26. The zero-order valence-electron chi connectivity index (χ0n) is 12.1. The third-order valence-corrected chi connectivity index (χ3v) is 4.41. The van der Waals surface area contributed by atoms with Crippen LogP contribution in [0.15, 0.2) is 24.3 Å². The fraction of sp³-hybridized carbons (Fsp3) is 0.438. The second-order valence-electron chi connectivity index (χ2n) is 5.54. The number of ether oxygens (including phenoxy) is 1. The molecule has 1 aliphatic heterocycles. The molecule has 2 heterocycles. The number of para-hydroxylation sites is 1. The fourth-order valence-electron chi connectivity index (χ4n) is 2.88. The van der Waals surface area contributed by atoms with E-state index in [2.05, 4.69) is 5.32 Å². The van der Waals surface area contributed by atoms with Gasteiger partial charge in [-0.05, 0) is 30.9 Å². The smallest absolute Gasteiger partial charge is 0.267 e. The fourth-order valence-corrected chi connectivity index (χ4v) is 3.18. The molecule has 4 nitrogen and oxygen atoms in total. The lowest BCUT2D eigenvalue weighted by molar-refractivity contribution is 0.0942. The number of nitrogens with one attached hydrogen (secondary N) is 1. The first-order chi connectivity index (χ1) is 10.2. The Morgan fingerprint density at radius 3 is 3.10 bits per heavy atom. The van der Waals surface area contributed by atoms with Gasteiger partial charge in [0, 0.05) is 32.2 Å². The first-order valence-electron chi connectivity index (χ1n) is 7.26. The first kappa shape index (κ1) is 14.4. The molecular weight excluding hydrogens is 288 g/mol. The van der Waals surface area contributed by atoms with Crippen LogP contribution >= 0.6 is 11.6 Å². The molecule has 1 aliphatic rings. The molecule has 1 fully saturated rings. The van der Waals surface area contributed by atoms with E-state index in [-0.39, 0.29) is 5.91 Å². The van der Waals surface area contributed by atoms with Crippen LogP contribution < -0.4 is 5.32 Å². The summed E-state index contributed by atoms with van der Waals surface area (Å²) in [5.41, 5.74) is 1.54. The van der Waals surface area contributed by atoms with Crippen LogP contribution in [0.25, 0.3) is 10.9 Å². The standard InChI is InChI=1S/C16H19ClN2O2/c1-19-14(9-12-3-2-4-13(17)15(12)19)16(20)18-7-5-11-6-8-21-10-11/h2-4,9,11H,5-8,10H2,1H3,(H,18,20)/t11-/m0/s1. The molecule has 112 valence electrons. The average Bonchev–Trinajstić information content (AvgIpc) is 3.08. The number of hydrogen-bond acceptors (Lipinski definition) is 2. The van der Waals surface area contributed by atoms with Gasteiger partial charge in [-0.1, -0.05) is 23.7 Å². The van der Waals surface area contributed by atoms with E-state index in [0.29, 0.717) is 23.2 Å². The molecule has 1 aromatic heterocycles. The van der Waals surface area contributed by atoms with E-state index in [0.717, 1.165) is 37.0 Å². The third-order valence-electron chi connectivity index (χ3n) is 4.10. The average molecular weight is 307 g/mol. The van der Waals surface area contributed by atoms with Gasteiger partial charge >= 0.3 is 0 Å². The Hall–Kier alpha value is -1.52. The predicted octanol–water partition coefficient (Wildman–Crippen LogP) is 2.99. The van der Waals surface area contributed by atoms with Crippen LogP contribution in [0.5, 0.6) is 0 Å². The maximum atomic E-state index is 12.3. The summed E-state index contributed by atoms with van der Waals surface area (Å²) >= 11 is 6.20. The van der Waals surface area contributed by atoms with Crippen LogP contribution in [0.2, 0.25) is 5.02 Å². The summed E-state index contributed by atoms with van der Waals surface area (Å²) in [4.78, 5) is 12.3. The lowest BCUT2D eigenvalue weighted by atomic mass is 10.1. The molecule has 1 N–H and O–H groups in total. The zero-order valence-corrected chi connectivity index (χ0v) is 12.8. The number of fused-ring (bicyclic) bond motifs is 1. The lowest BCUT2D eigenvalue weighted by Crippen LogP contribution is -2.27. The van der Waals surface area contributed by atoms with Crippen molar-refractivity contribution in [3.05, 3.63) is 35.0 Å². The molecule has 0 bridgehead atoms. The second-order valence-corrected chi connectivity index (χ2v) is 5.95. The van der Waals surface area contributed by atoms with Crippen molar-refractivity contribution < 1.29 is 9.53 Å². The maximum absolute atomic E-state index is 12.3. The predicted molar refractivity (Wildman–Crippen MR) is 83.8 cm³/mol. The third kappa shape index (κ3) is 2.92. The van der Waals surface area contributed by atoms with Gasteiger partial charge in [-0.2, -0.15) is 0 Å². The van der Waals surface area contributed by atoms with Crippen molar-refractivity contribution >= 4 is 28.4 Å². The highest BCUT2D eigenvalue weighted by atomic mass is 35.5. The summed E-state index contributed by atoms with van der Waals surface area (Å²) in [6.07, 6.45) is 2.07. The molecule has 0 aliphatic carbocycles. The Labute approximate surface area is 129 Å². The number of nitrogens with zero attached hydrogens (tertiary/aromatic N) is 1. The molecule has 0 spiro atoms. The summed E-state index contributed by atoms with van der Waals surface area (Å²) in [6, 6.07) is 7.58. The molecule has 3 rings (SSSR count). The maximum Gasteiger partial charge on any atom is 0.267 e. The number of aryl methyl sites for hydroxylation is 1. The number of rotatable bonds is 4. The Balaban J connectivity index is 1.69. The van der Waals surface area contributed by atoms with Crippen molar-refractivity contribution in [3.8, 4) is 0 Å². The summed E-state index contributed by atoms with van der Waals surface area (Å²) < 4.78 is 7.19. The van der Waals surface area contributed by atoms with Gasteiger partial charge in [-0.25, -0.2) is 0 Å². The Morgan fingerprint density at radius 2 is 2.38 bits per heavy atom. The van der Waals surface area contributed by atoms with E-state index >= 15 is 0 Å². The van der Waals surface area contributed by atoms with E-state index in [9.17, 15) is 4.79 Å². The largest absolute Gasteiger partial charge is 0.381 e. The summed E-state index contributed by atoms with van der Waals surface area (Å²) in [5, 5.41) is 4.64. The van der Waals surface area contributed by atoms with Crippen LogP contribution in [-0.4, -0.2) is 30.2 Å². The molecule has 21 heavy (non-hydrogen) atoms. The number of carbonyl (C=O) groups is 1. The van der Waals surface area contributed by atoms with Crippen LogP contribution in [0.4, 0.5) is 0 Å². The molecule has 0 saturated carbocycles. The van der Waals surface area contributed by atoms with E-state index in [1.165, 1.54) is 0 Å². The van der Waals surface area contributed by atoms with Crippen molar-refractivity contribution in [2.24, 2.45) is 13.0 Å². The number of aromatic nitrogens is 1. The highest BCUT2D eigenvalue weighted by molar-refractivity contribution is 6.35. The Bertz CT molecular complexity index is 660. The number of carbonyl (C=O) groups excluding carboxylic acids is 1. The summed E-state index contributed by atoms with van der Waals surface area (Å²) in [6.45, 7) is 2.35. The monoisotopic (exact) mass is 306 g/mol. The molecule has 2 aromatic rings. The van der Waals surface area contributed by atoms with Crippen LogP contribution in [0.1, 0.15) is 23.3 Å². The summed E-state index contributed by atoms with van der Waals surface area (Å²) in [5.74, 6) is 0.524. The number of benzene rings is 1. The lowest BCUT2D eigenvalue weighted by Gasteiger charge is -2.09. The molecule has 1 amide bonds. The van der Waals surface area contributed by atoms with Crippen molar-refractivity contribution in [3.63, 3.8) is 0 Å². The highest BCUT2D eigenvalue weighted by Gasteiger charge is 2.17. The SMILES string of the molecule is Cn1c(C(=O)NCC[C@H]2CCOC2)cc2cccc(Cl)c21. The second kappa shape index (κ2) is 6.08. The van der Waals surface area contributed by atoms with Crippen molar-refractivity contribution in [1.29, 1.82) is 0 Å². The minimum absolute atomic E-state index is 0.0521. The van der Waals surface area contributed by atoms with E-state index in [1.54, 1.807) is 0 Å². The number of amides is 1. The van der Waals surface area contributed by atoms with Crippen LogP contribution in [-0.2, 0) is 11.8 Å². The van der Waals surface area contributed by atoms with Gasteiger partial charge in [0.15, 0.2) is 0 Å². The molecule has 5 heteroatoms. The number of halogens is 1. The van der Waals surface area contributed by atoms with Gasteiger partial charge in [0.1, 0.15) is 5.69 Å². The van der Waals surface area contributed by atoms with E-state index in [1.807, 2.05) is 35.9 Å². The van der Waals surface area contributed by atoms with Gasteiger partial charge in [-0.15, -0.1) is 0 Å². The first-order valence-corrected chi connectivity index (χ1v) is 7.64. The minimum Gasteiger partial charge on any atom is -0.381 e. The van der Waals surface area contributed by atoms with Gasteiger partial charge in [0.05, 0.1) is 10.5 Å². The summed E-state index contributed by atoms with van der Waals surface area (Å²) in [7, 11) is 1.87. The molecule has 1 aromatic carbocycles. The quantitative estimate of drug-likeness (QED) is 0.943.